The van der Waals surface area contributed by atoms with E-state index in [-0.39, 0.29) is 29.3 Å². The van der Waals surface area contributed by atoms with Crippen LogP contribution in [0, 0.1) is 12.8 Å². The van der Waals surface area contributed by atoms with Crippen LogP contribution in [0.3, 0.4) is 0 Å². The zero-order chi connectivity index (χ0) is 26.2. The number of carbonyl (C=O) groups is 3. The van der Waals surface area contributed by atoms with Crippen molar-refractivity contribution in [2.75, 3.05) is 0 Å². The molecule has 0 bridgehead atoms. The first-order valence-corrected chi connectivity index (χ1v) is 11.6. The van der Waals surface area contributed by atoms with Crippen LogP contribution in [0.2, 0.25) is 0 Å². The van der Waals surface area contributed by atoms with Crippen molar-refractivity contribution in [2.24, 2.45) is 5.92 Å². The maximum atomic E-state index is 13.1. The highest BCUT2D eigenvalue weighted by Gasteiger charge is 2.31. The molecule has 2 aromatic heterocycles. The quantitative estimate of drug-likeness (QED) is 0.218. The third-order valence-corrected chi connectivity index (χ3v) is 5.72. The summed E-state index contributed by atoms with van der Waals surface area (Å²) in [6.45, 7) is 5.03. The molecule has 2 amide bonds. The van der Waals surface area contributed by atoms with Crippen LogP contribution >= 0.6 is 0 Å². The minimum Gasteiger partial charge on any atom is -0.494 e. The summed E-state index contributed by atoms with van der Waals surface area (Å²) in [7, 11) is 0. The van der Waals surface area contributed by atoms with Gasteiger partial charge >= 0.3 is 0 Å². The summed E-state index contributed by atoms with van der Waals surface area (Å²) in [5, 5.41) is 25.5. The number of benzene rings is 1. The number of H-pyrrole nitrogens is 1. The van der Waals surface area contributed by atoms with Gasteiger partial charge in [0.25, 0.3) is 0 Å². The Morgan fingerprint density at radius 1 is 1.00 bits per heavy atom. The molecule has 0 saturated carbocycles. The summed E-state index contributed by atoms with van der Waals surface area (Å²) in [6.07, 6.45) is 4.43. The monoisotopic (exact) mass is 490 g/mol. The van der Waals surface area contributed by atoms with Gasteiger partial charge in [-0.3, -0.25) is 24.4 Å². The smallest absolute Gasteiger partial charge is 0.244 e. The molecule has 0 aliphatic rings. The number of Topliss-reactive ketones (excluding diaryl/α,β-unsaturated/α-hetero) is 1. The summed E-state index contributed by atoms with van der Waals surface area (Å²) < 4.78 is 0. The van der Waals surface area contributed by atoms with E-state index in [9.17, 15) is 24.6 Å². The lowest BCUT2D eigenvalue weighted by molar-refractivity contribution is -0.123. The first kappa shape index (κ1) is 26.2. The number of ketones is 1. The van der Waals surface area contributed by atoms with Crippen LogP contribution in [0.5, 0.6) is 11.8 Å². The average molecular weight is 491 g/mol. The lowest BCUT2D eigenvalue weighted by atomic mass is 9.93. The van der Waals surface area contributed by atoms with E-state index in [4.69, 9.17) is 0 Å². The van der Waals surface area contributed by atoms with Crippen molar-refractivity contribution in [1.82, 2.24) is 20.6 Å². The second-order valence-corrected chi connectivity index (χ2v) is 8.74. The molecular weight excluding hydrogens is 460 g/mol. The van der Waals surface area contributed by atoms with Gasteiger partial charge in [0.2, 0.25) is 17.7 Å². The fourth-order valence-electron chi connectivity index (χ4n) is 3.77. The van der Waals surface area contributed by atoms with Crippen LogP contribution in [0.15, 0.2) is 60.8 Å². The second kappa shape index (κ2) is 11.8. The minimum absolute atomic E-state index is 0.0703. The van der Waals surface area contributed by atoms with Crippen LogP contribution in [-0.4, -0.2) is 43.8 Å². The molecule has 9 heteroatoms. The zero-order valence-corrected chi connectivity index (χ0v) is 20.4. The second-order valence-electron chi connectivity index (χ2n) is 8.74. The highest BCUT2D eigenvalue weighted by atomic mass is 16.3. The molecule has 0 saturated heterocycles. The fraction of sp³-hybridized carbons (Fsp3) is 0.259. The molecule has 5 N–H and O–H groups in total. The summed E-state index contributed by atoms with van der Waals surface area (Å²) in [4.78, 5) is 45.3. The maximum absolute atomic E-state index is 13.1. The van der Waals surface area contributed by atoms with Crippen LogP contribution in [0.25, 0.3) is 6.08 Å². The Morgan fingerprint density at radius 2 is 1.69 bits per heavy atom. The van der Waals surface area contributed by atoms with E-state index in [0.717, 1.165) is 5.56 Å². The molecule has 3 rings (SSSR count). The van der Waals surface area contributed by atoms with Gasteiger partial charge in [-0.15, -0.1) is 0 Å². The van der Waals surface area contributed by atoms with Crippen molar-refractivity contribution >= 4 is 23.7 Å². The van der Waals surface area contributed by atoms with Gasteiger partial charge in [-0.05, 0) is 36.6 Å². The molecule has 188 valence electrons. The summed E-state index contributed by atoms with van der Waals surface area (Å²) in [6, 6.07) is 12.8. The van der Waals surface area contributed by atoms with Crippen LogP contribution < -0.4 is 10.6 Å². The maximum Gasteiger partial charge on any atom is 0.244 e. The molecule has 36 heavy (non-hydrogen) atoms. The molecule has 0 fully saturated rings. The van der Waals surface area contributed by atoms with E-state index in [1.807, 2.05) is 12.1 Å². The van der Waals surface area contributed by atoms with E-state index in [0.29, 0.717) is 5.69 Å². The van der Waals surface area contributed by atoms with Gasteiger partial charge in [0.1, 0.15) is 0 Å². The Kier molecular flexibility index (Phi) is 8.61. The highest BCUT2D eigenvalue weighted by Crippen LogP contribution is 2.30. The Morgan fingerprint density at radius 3 is 2.28 bits per heavy atom. The van der Waals surface area contributed by atoms with E-state index < -0.39 is 35.6 Å². The molecule has 0 unspecified atom stereocenters. The van der Waals surface area contributed by atoms with E-state index in [1.165, 1.54) is 13.0 Å². The van der Waals surface area contributed by atoms with E-state index >= 15 is 0 Å². The van der Waals surface area contributed by atoms with E-state index in [2.05, 4.69) is 20.6 Å². The minimum atomic E-state index is -0.950. The molecule has 0 spiro atoms. The van der Waals surface area contributed by atoms with Gasteiger partial charge < -0.3 is 20.8 Å². The molecule has 2 atom stereocenters. The predicted octanol–water partition coefficient (Wildman–Crippen LogP) is 3.41. The lowest BCUT2D eigenvalue weighted by Crippen LogP contribution is -2.45. The van der Waals surface area contributed by atoms with Gasteiger partial charge in [-0.1, -0.05) is 50.2 Å². The Balaban J connectivity index is 1.75. The van der Waals surface area contributed by atoms with Gasteiger partial charge in [0.15, 0.2) is 11.7 Å². The highest BCUT2D eigenvalue weighted by molar-refractivity contribution is 6.05. The van der Waals surface area contributed by atoms with Gasteiger partial charge in [0.05, 0.1) is 29.8 Å². The van der Waals surface area contributed by atoms with Crippen molar-refractivity contribution in [3.8, 4) is 11.8 Å². The molecule has 2 heterocycles. The number of aromatic hydroxyl groups is 2. The number of hydrogen-bond acceptors (Lipinski definition) is 6. The summed E-state index contributed by atoms with van der Waals surface area (Å²) >= 11 is 0. The number of rotatable bonds is 10. The number of nitrogens with zero attached hydrogens (tertiary/aromatic N) is 1. The normalized spacial score (nSPS) is 12.9. The third kappa shape index (κ3) is 6.59. The Hall–Kier alpha value is -4.40. The molecular formula is C27H30N4O5. The van der Waals surface area contributed by atoms with Crippen LogP contribution in [0.1, 0.15) is 53.5 Å². The topological polar surface area (TPSA) is 144 Å². The molecule has 0 radical (unpaired) electrons. The zero-order valence-electron chi connectivity index (χ0n) is 20.4. The van der Waals surface area contributed by atoms with Crippen molar-refractivity contribution in [3.63, 3.8) is 0 Å². The number of aromatic amines is 1. The summed E-state index contributed by atoms with van der Waals surface area (Å²) in [5.74, 6) is -2.45. The third-order valence-electron chi connectivity index (χ3n) is 5.72. The molecule has 0 aliphatic carbocycles. The van der Waals surface area contributed by atoms with E-state index in [1.54, 1.807) is 62.5 Å². The SMILES string of the molecule is Cc1c(O)[nH]c(O)c1C(=O)[C@@H](NC(=O)C[C@H](NC(=O)C=Cc1ccccn1)c1ccccc1)C(C)C. The first-order chi connectivity index (χ1) is 17.2. The molecule has 0 aliphatic heterocycles. The average Bonchev–Trinajstić information content (AvgIpc) is 3.12. The first-order valence-electron chi connectivity index (χ1n) is 11.6. The standard InChI is InChI=1S/C27H30N4O5/c1-16(2)24(25(34)23-17(3)26(35)31-27(23)36)30-22(33)15-20(18-9-5-4-6-10-18)29-21(32)13-12-19-11-7-8-14-28-19/h4-14,16,20,24,31,35-36H,15H2,1-3H3,(H,29,32)(H,30,33)/t20-,24-/m0/s1. The van der Waals surface area contributed by atoms with Crippen LogP contribution in [0.4, 0.5) is 0 Å². The molecule has 3 aromatic rings. The van der Waals surface area contributed by atoms with Gasteiger partial charge in [-0.25, -0.2) is 0 Å². The molecule has 1 aromatic carbocycles. The lowest BCUT2D eigenvalue weighted by Gasteiger charge is -2.24. The van der Waals surface area contributed by atoms with Crippen LogP contribution in [-0.2, 0) is 9.59 Å². The Bertz CT molecular complexity index is 1240. The fourth-order valence-corrected chi connectivity index (χ4v) is 3.77. The summed E-state index contributed by atoms with van der Waals surface area (Å²) in [5.41, 5.74) is 1.48. The van der Waals surface area contributed by atoms with Gasteiger partial charge in [0, 0.05) is 17.8 Å². The van der Waals surface area contributed by atoms with Crippen molar-refractivity contribution in [3.05, 3.63) is 83.2 Å². The van der Waals surface area contributed by atoms with Crippen molar-refractivity contribution in [1.29, 1.82) is 0 Å². The van der Waals surface area contributed by atoms with Crippen molar-refractivity contribution in [2.45, 2.75) is 39.3 Å². The van der Waals surface area contributed by atoms with Gasteiger partial charge in [-0.2, -0.15) is 0 Å². The number of hydrogen-bond donors (Lipinski definition) is 5. The number of pyridine rings is 1. The Labute approximate surface area is 209 Å². The number of carbonyl (C=O) groups excluding carboxylic acids is 3. The number of aromatic nitrogens is 2. The number of amides is 2. The van der Waals surface area contributed by atoms with Crippen molar-refractivity contribution < 1.29 is 24.6 Å². The molecule has 9 nitrogen and oxygen atoms in total. The number of nitrogens with one attached hydrogen (secondary N) is 3. The predicted molar refractivity (Wildman–Crippen MR) is 135 cm³/mol. The largest absolute Gasteiger partial charge is 0.494 e.